The summed E-state index contributed by atoms with van der Waals surface area (Å²) in [5, 5.41) is 1.19. The fourth-order valence-corrected chi connectivity index (χ4v) is 3.85. The van der Waals surface area contributed by atoms with Gasteiger partial charge in [-0.15, -0.1) is 0 Å². The smallest absolute Gasteiger partial charge is 0.242 e. The summed E-state index contributed by atoms with van der Waals surface area (Å²) in [6.45, 7) is 7.83. The average molecular weight is 420 g/mol. The third-order valence-electron chi connectivity index (χ3n) is 5.65. The highest BCUT2D eigenvalue weighted by molar-refractivity contribution is 5.85. The van der Waals surface area contributed by atoms with Crippen molar-refractivity contribution < 1.29 is 9.59 Å². The number of aryl methyl sites for hydroxylation is 1. The summed E-state index contributed by atoms with van der Waals surface area (Å²) < 4.78 is 0. The monoisotopic (exact) mass is 419 g/mol. The summed E-state index contributed by atoms with van der Waals surface area (Å²) in [7, 11) is 0. The normalized spacial score (nSPS) is 10.9. The maximum absolute atomic E-state index is 13.3. The molecule has 0 saturated heterocycles. The largest absolute Gasteiger partial charge is 0.361 e. The number of rotatable bonds is 10. The molecule has 5 nitrogen and oxygen atoms in total. The van der Waals surface area contributed by atoms with E-state index < -0.39 is 0 Å². The molecule has 1 heterocycles. The van der Waals surface area contributed by atoms with Gasteiger partial charge < -0.3 is 14.8 Å². The molecule has 0 radical (unpaired) electrons. The van der Waals surface area contributed by atoms with Crippen LogP contribution in [0.1, 0.15) is 43.4 Å². The molecule has 0 bridgehead atoms. The topological polar surface area (TPSA) is 56.4 Å². The van der Waals surface area contributed by atoms with E-state index in [2.05, 4.69) is 48.3 Å². The minimum absolute atomic E-state index is 0.00401. The average Bonchev–Trinajstić information content (AvgIpc) is 3.20. The number of amides is 2. The van der Waals surface area contributed by atoms with E-state index in [1.54, 1.807) is 4.90 Å². The molecule has 1 aromatic heterocycles. The van der Waals surface area contributed by atoms with E-state index in [0.717, 1.165) is 23.9 Å². The molecule has 31 heavy (non-hydrogen) atoms. The molecule has 0 aliphatic heterocycles. The van der Waals surface area contributed by atoms with Crippen molar-refractivity contribution >= 4 is 22.7 Å². The summed E-state index contributed by atoms with van der Waals surface area (Å²) in [5.41, 5.74) is 4.61. The number of fused-ring (bicyclic) bond motifs is 1. The maximum Gasteiger partial charge on any atom is 0.242 e. The van der Waals surface area contributed by atoms with Crippen molar-refractivity contribution in [3.63, 3.8) is 0 Å². The number of benzene rings is 2. The van der Waals surface area contributed by atoms with Crippen molar-refractivity contribution in [2.75, 3.05) is 19.6 Å². The van der Waals surface area contributed by atoms with Gasteiger partial charge in [0.25, 0.3) is 0 Å². The van der Waals surface area contributed by atoms with Crippen LogP contribution in [0.2, 0.25) is 0 Å². The van der Waals surface area contributed by atoms with E-state index in [9.17, 15) is 9.59 Å². The first-order valence-electron chi connectivity index (χ1n) is 11.2. The molecule has 1 N–H and O–H groups in total. The number of hydrogen-bond acceptors (Lipinski definition) is 2. The van der Waals surface area contributed by atoms with Crippen LogP contribution in [0.3, 0.4) is 0 Å². The van der Waals surface area contributed by atoms with Crippen LogP contribution in [0, 0.1) is 6.92 Å². The highest BCUT2D eigenvalue weighted by Gasteiger charge is 2.20. The van der Waals surface area contributed by atoms with Gasteiger partial charge in [-0.2, -0.15) is 0 Å². The van der Waals surface area contributed by atoms with Crippen LogP contribution in [0.4, 0.5) is 0 Å². The lowest BCUT2D eigenvalue weighted by atomic mass is 10.1. The Hall–Kier alpha value is -3.08. The third-order valence-corrected chi connectivity index (χ3v) is 5.65. The van der Waals surface area contributed by atoms with E-state index in [4.69, 9.17) is 0 Å². The number of aromatic nitrogens is 1. The molecule has 0 atom stereocenters. The van der Waals surface area contributed by atoms with Crippen LogP contribution in [0.25, 0.3) is 10.9 Å². The van der Waals surface area contributed by atoms with Crippen LogP contribution < -0.4 is 0 Å². The standard InChI is InChI=1S/C26H33N3O2/c1-4-15-28(25(30)5-2)19-26(31)29(18-21-12-10-20(3)11-13-21)16-14-22-17-27-24-9-7-6-8-23(22)24/h6-13,17,27H,4-5,14-16,18-19H2,1-3H3. The Bertz CT molecular complexity index is 1010. The fourth-order valence-electron chi connectivity index (χ4n) is 3.85. The molecule has 0 fully saturated rings. The second-order valence-electron chi connectivity index (χ2n) is 8.08. The number of nitrogens with zero attached hydrogens (tertiary/aromatic N) is 2. The van der Waals surface area contributed by atoms with E-state index in [1.807, 2.05) is 37.1 Å². The molecule has 0 spiro atoms. The lowest BCUT2D eigenvalue weighted by molar-refractivity contribution is -0.140. The highest BCUT2D eigenvalue weighted by Crippen LogP contribution is 2.19. The van der Waals surface area contributed by atoms with Gasteiger partial charge in [0.1, 0.15) is 0 Å². The lowest BCUT2D eigenvalue weighted by Gasteiger charge is -2.27. The zero-order chi connectivity index (χ0) is 22.2. The second kappa shape index (κ2) is 10.8. The van der Waals surface area contributed by atoms with Crippen molar-refractivity contribution in [3.8, 4) is 0 Å². The Kier molecular flexibility index (Phi) is 7.88. The van der Waals surface area contributed by atoms with Crippen LogP contribution >= 0.6 is 0 Å². The van der Waals surface area contributed by atoms with E-state index in [-0.39, 0.29) is 18.4 Å². The molecule has 0 aliphatic rings. The van der Waals surface area contributed by atoms with Crippen molar-refractivity contribution in [1.29, 1.82) is 0 Å². The van der Waals surface area contributed by atoms with Gasteiger partial charge in [0.2, 0.25) is 11.8 Å². The summed E-state index contributed by atoms with van der Waals surface area (Å²) in [4.78, 5) is 32.5. The summed E-state index contributed by atoms with van der Waals surface area (Å²) in [6, 6.07) is 16.5. The highest BCUT2D eigenvalue weighted by atomic mass is 16.2. The Morgan fingerprint density at radius 3 is 2.35 bits per heavy atom. The lowest BCUT2D eigenvalue weighted by Crippen LogP contribution is -2.43. The third kappa shape index (κ3) is 5.97. The van der Waals surface area contributed by atoms with Gasteiger partial charge in [0.05, 0.1) is 6.54 Å². The van der Waals surface area contributed by atoms with Gasteiger partial charge >= 0.3 is 0 Å². The molecule has 5 heteroatoms. The van der Waals surface area contributed by atoms with Crippen molar-refractivity contribution in [2.24, 2.45) is 0 Å². The molecule has 0 saturated carbocycles. The summed E-state index contributed by atoms with van der Waals surface area (Å²) in [5.74, 6) is 0.0257. The molecule has 2 amide bonds. The second-order valence-corrected chi connectivity index (χ2v) is 8.08. The SMILES string of the molecule is CCCN(CC(=O)N(CCc1c[nH]c2ccccc12)Cc1ccc(C)cc1)C(=O)CC. The Morgan fingerprint density at radius 1 is 0.903 bits per heavy atom. The maximum atomic E-state index is 13.3. The number of nitrogens with one attached hydrogen (secondary N) is 1. The van der Waals surface area contributed by atoms with E-state index in [1.165, 1.54) is 16.5 Å². The molecule has 0 unspecified atom stereocenters. The predicted molar refractivity (Wildman–Crippen MR) is 126 cm³/mol. The number of aromatic amines is 1. The molecule has 3 rings (SSSR count). The first-order valence-corrected chi connectivity index (χ1v) is 11.2. The van der Waals surface area contributed by atoms with Gasteiger partial charge in [-0.3, -0.25) is 9.59 Å². The summed E-state index contributed by atoms with van der Waals surface area (Å²) >= 11 is 0. The molecule has 2 aromatic carbocycles. The van der Waals surface area contributed by atoms with E-state index >= 15 is 0 Å². The van der Waals surface area contributed by atoms with Crippen molar-refractivity contribution in [1.82, 2.24) is 14.8 Å². The molecule has 3 aromatic rings. The van der Waals surface area contributed by atoms with Gasteiger partial charge in [-0.05, 0) is 37.0 Å². The summed E-state index contributed by atoms with van der Waals surface area (Å²) in [6.07, 6.45) is 4.05. The molecule has 164 valence electrons. The zero-order valence-corrected chi connectivity index (χ0v) is 18.9. The fraction of sp³-hybridized carbons (Fsp3) is 0.385. The van der Waals surface area contributed by atoms with Crippen LogP contribution in [0.5, 0.6) is 0 Å². The van der Waals surface area contributed by atoms with Gasteiger partial charge in [-0.1, -0.05) is 61.9 Å². The number of para-hydroxylation sites is 1. The van der Waals surface area contributed by atoms with Crippen LogP contribution in [-0.4, -0.2) is 46.2 Å². The number of hydrogen-bond donors (Lipinski definition) is 1. The number of carbonyl (C=O) groups excluding carboxylic acids is 2. The van der Waals surface area contributed by atoms with Gasteiger partial charge in [0.15, 0.2) is 0 Å². The molecular weight excluding hydrogens is 386 g/mol. The van der Waals surface area contributed by atoms with Crippen molar-refractivity contribution in [3.05, 3.63) is 71.4 Å². The van der Waals surface area contributed by atoms with Gasteiger partial charge in [0, 0.05) is 43.2 Å². The minimum Gasteiger partial charge on any atom is -0.361 e. The van der Waals surface area contributed by atoms with Crippen molar-refractivity contribution in [2.45, 2.75) is 46.6 Å². The predicted octanol–water partition coefficient (Wildman–Crippen LogP) is 4.70. The van der Waals surface area contributed by atoms with Crippen LogP contribution in [0.15, 0.2) is 54.7 Å². The van der Waals surface area contributed by atoms with Gasteiger partial charge in [-0.25, -0.2) is 0 Å². The van der Waals surface area contributed by atoms with Crippen LogP contribution in [-0.2, 0) is 22.6 Å². The Labute approximate surface area is 185 Å². The number of H-pyrrole nitrogens is 1. The Morgan fingerprint density at radius 2 is 1.65 bits per heavy atom. The zero-order valence-electron chi connectivity index (χ0n) is 18.9. The molecular formula is C26H33N3O2. The molecule has 0 aliphatic carbocycles. The van der Waals surface area contributed by atoms with E-state index in [0.29, 0.717) is 26.1 Å². The first-order chi connectivity index (χ1) is 15.0. The minimum atomic E-state index is -0.00401. The Balaban J connectivity index is 1.76. The quantitative estimate of drug-likeness (QED) is 0.518. The first kappa shape index (κ1) is 22.6. The number of carbonyl (C=O) groups is 2.